The largest absolute Gasteiger partial charge is 0.394 e. The molecule has 0 bridgehead atoms. The van der Waals surface area contributed by atoms with Crippen molar-refractivity contribution in [2.45, 2.75) is 42.3 Å². The number of aromatic nitrogens is 2. The van der Waals surface area contributed by atoms with Gasteiger partial charge in [0.15, 0.2) is 4.34 Å². The van der Waals surface area contributed by atoms with Gasteiger partial charge in [0.2, 0.25) is 0 Å². The van der Waals surface area contributed by atoms with E-state index in [2.05, 4.69) is 28.5 Å². The van der Waals surface area contributed by atoms with Crippen molar-refractivity contribution in [1.82, 2.24) is 14.7 Å². The van der Waals surface area contributed by atoms with Crippen LogP contribution in [-0.2, 0) is 0 Å². The van der Waals surface area contributed by atoms with Gasteiger partial charge in [-0.3, -0.25) is 0 Å². The molecule has 4 nitrogen and oxygen atoms in total. The summed E-state index contributed by atoms with van der Waals surface area (Å²) in [6.07, 6.45) is 2.48. The predicted molar refractivity (Wildman–Crippen MR) is 69.0 cm³/mol. The fraction of sp³-hybridized carbons (Fsp3) is 0.800. The molecule has 0 aliphatic carbocycles. The maximum atomic E-state index is 9.39. The van der Waals surface area contributed by atoms with Crippen LogP contribution in [0.4, 0.5) is 0 Å². The molecule has 92 valence electrons. The molecule has 0 aliphatic rings. The molecule has 2 unspecified atom stereocenters. The van der Waals surface area contributed by atoms with Gasteiger partial charge in [0, 0.05) is 10.8 Å². The standard InChI is InChI=1S/C10H19N3OS2/c1-4-12-10(3,6-14)5-8(2)15-9-11-7-13-16-9/h7-8,12,14H,4-6H2,1-3H3. The van der Waals surface area contributed by atoms with Gasteiger partial charge in [0.05, 0.1) is 6.61 Å². The van der Waals surface area contributed by atoms with Crippen molar-refractivity contribution >= 4 is 23.3 Å². The van der Waals surface area contributed by atoms with Crippen LogP contribution < -0.4 is 5.32 Å². The summed E-state index contributed by atoms with van der Waals surface area (Å²) < 4.78 is 4.96. The number of aliphatic hydroxyl groups is 1. The average Bonchev–Trinajstić information content (AvgIpc) is 2.70. The molecule has 0 aromatic carbocycles. The van der Waals surface area contributed by atoms with Gasteiger partial charge < -0.3 is 10.4 Å². The van der Waals surface area contributed by atoms with Crippen LogP contribution in [0.15, 0.2) is 10.7 Å². The van der Waals surface area contributed by atoms with E-state index in [0.717, 1.165) is 17.3 Å². The van der Waals surface area contributed by atoms with Crippen molar-refractivity contribution in [2.75, 3.05) is 13.2 Å². The van der Waals surface area contributed by atoms with E-state index in [-0.39, 0.29) is 12.1 Å². The molecule has 2 atom stereocenters. The number of nitrogens with one attached hydrogen (secondary N) is 1. The van der Waals surface area contributed by atoms with Gasteiger partial charge in [-0.15, -0.1) is 0 Å². The Bertz CT molecular complexity index is 294. The second kappa shape index (κ2) is 6.54. The first-order valence-corrected chi connectivity index (χ1v) is 7.04. The third-order valence-electron chi connectivity index (χ3n) is 2.33. The highest BCUT2D eigenvalue weighted by atomic mass is 32.2. The van der Waals surface area contributed by atoms with Crippen LogP contribution in [0.25, 0.3) is 0 Å². The van der Waals surface area contributed by atoms with Gasteiger partial charge in [-0.2, -0.15) is 4.37 Å². The van der Waals surface area contributed by atoms with Crippen molar-refractivity contribution in [3.63, 3.8) is 0 Å². The number of hydrogen-bond donors (Lipinski definition) is 2. The molecule has 1 aromatic rings. The Hall–Kier alpha value is -0.170. The Morgan fingerprint density at radius 2 is 2.44 bits per heavy atom. The molecule has 1 heterocycles. The molecule has 0 spiro atoms. The van der Waals surface area contributed by atoms with E-state index in [4.69, 9.17) is 0 Å². The summed E-state index contributed by atoms with van der Waals surface area (Å²) >= 11 is 3.13. The summed E-state index contributed by atoms with van der Waals surface area (Å²) in [4.78, 5) is 4.15. The van der Waals surface area contributed by atoms with Crippen molar-refractivity contribution in [1.29, 1.82) is 0 Å². The third kappa shape index (κ3) is 4.37. The predicted octanol–water partition coefficient (Wildman–Crippen LogP) is 1.77. The van der Waals surface area contributed by atoms with Crippen LogP contribution in [0.3, 0.4) is 0 Å². The topological polar surface area (TPSA) is 58.0 Å². The molecular weight excluding hydrogens is 242 g/mol. The fourth-order valence-corrected chi connectivity index (χ4v) is 3.66. The van der Waals surface area contributed by atoms with Gasteiger partial charge in [-0.05, 0) is 31.4 Å². The molecule has 0 saturated carbocycles. The lowest BCUT2D eigenvalue weighted by atomic mass is 9.97. The Kier molecular flexibility index (Phi) is 5.68. The minimum absolute atomic E-state index is 0.155. The van der Waals surface area contributed by atoms with Crippen LogP contribution in [-0.4, -0.2) is 38.4 Å². The molecule has 2 N–H and O–H groups in total. The molecule has 0 saturated heterocycles. The van der Waals surface area contributed by atoms with E-state index in [9.17, 15) is 5.11 Å². The van der Waals surface area contributed by atoms with Crippen molar-refractivity contribution in [2.24, 2.45) is 0 Å². The lowest BCUT2D eigenvalue weighted by molar-refractivity contribution is 0.168. The summed E-state index contributed by atoms with van der Waals surface area (Å²) in [7, 11) is 0. The highest BCUT2D eigenvalue weighted by molar-refractivity contribution is 8.01. The normalized spacial score (nSPS) is 17.0. The minimum Gasteiger partial charge on any atom is -0.394 e. The Morgan fingerprint density at radius 3 is 2.94 bits per heavy atom. The van der Waals surface area contributed by atoms with Crippen molar-refractivity contribution in [3.8, 4) is 0 Å². The monoisotopic (exact) mass is 261 g/mol. The van der Waals surface area contributed by atoms with Crippen LogP contribution in [0.2, 0.25) is 0 Å². The maximum Gasteiger partial charge on any atom is 0.170 e. The SMILES string of the molecule is CCNC(C)(CO)CC(C)Sc1ncns1. The second-order valence-electron chi connectivity index (χ2n) is 4.09. The lowest BCUT2D eigenvalue weighted by Crippen LogP contribution is -2.47. The van der Waals surface area contributed by atoms with Gasteiger partial charge >= 0.3 is 0 Å². The smallest absolute Gasteiger partial charge is 0.170 e. The Morgan fingerprint density at radius 1 is 1.69 bits per heavy atom. The molecule has 6 heteroatoms. The Labute approximate surface area is 105 Å². The zero-order valence-corrected chi connectivity index (χ0v) is 11.6. The zero-order chi connectivity index (χ0) is 12.0. The van der Waals surface area contributed by atoms with E-state index in [1.54, 1.807) is 18.1 Å². The molecular formula is C10H19N3OS2. The molecule has 0 aliphatic heterocycles. The molecule has 1 aromatic heterocycles. The zero-order valence-electron chi connectivity index (χ0n) is 9.93. The highest BCUT2D eigenvalue weighted by Crippen LogP contribution is 2.28. The maximum absolute atomic E-state index is 9.39. The van der Waals surface area contributed by atoms with E-state index in [1.165, 1.54) is 11.5 Å². The van der Waals surface area contributed by atoms with E-state index in [1.807, 2.05) is 6.92 Å². The van der Waals surface area contributed by atoms with E-state index >= 15 is 0 Å². The summed E-state index contributed by atoms with van der Waals surface area (Å²) in [6.45, 7) is 7.27. The molecule has 0 fully saturated rings. The number of rotatable bonds is 7. The van der Waals surface area contributed by atoms with Crippen LogP contribution in [0.1, 0.15) is 27.2 Å². The number of likely N-dealkylation sites (N-methyl/N-ethyl adjacent to an activating group) is 1. The Balaban J connectivity index is 2.45. The summed E-state index contributed by atoms with van der Waals surface area (Å²) in [6, 6.07) is 0. The summed E-state index contributed by atoms with van der Waals surface area (Å²) in [5.41, 5.74) is -0.203. The summed E-state index contributed by atoms with van der Waals surface area (Å²) in [5, 5.41) is 13.1. The first-order chi connectivity index (χ1) is 7.59. The number of aliphatic hydroxyl groups excluding tert-OH is 1. The van der Waals surface area contributed by atoms with Gasteiger partial charge in [-0.1, -0.05) is 25.6 Å². The fourth-order valence-electron chi connectivity index (χ4n) is 1.68. The first-order valence-electron chi connectivity index (χ1n) is 5.39. The average molecular weight is 261 g/mol. The van der Waals surface area contributed by atoms with Crippen molar-refractivity contribution < 1.29 is 5.11 Å². The molecule has 0 amide bonds. The first kappa shape index (κ1) is 13.9. The van der Waals surface area contributed by atoms with E-state index in [0.29, 0.717) is 5.25 Å². The molecule has 0 radical (unpaired) electrons. The highest BCUT2D eigenvalue weighted by Gasteiger charge is 2.25. The van der Waals surface area contributed by atoms with Crippen LogP contribution in [0, 0.1) is 0 Å². The van der Waals surface area contributed by atoms with Gasteiger partial charge in [0.25, 0.3) is 0 Å². The second-order valence-corrected chi connectivity index (χ2v) is 6.55. The third-order valence-corrected chi connectivity index (χ3v) is 4.18. The van der Waals surface area contributed by atoms with E-state index < -0.39 is 0 Å². The quantitative estimate of drug-likeness (QED) is 0.733. The molecule has 1 rings (SSSR count). The summed E-state index contributed by atoms with van der Waals surface area (Å²) in [5.74, 6) is 0. The number of thioether (sulfide) groups is 1. The van der Waals surface area contributed by atoms with Crippen LogP contribution >= 0.6 is 23.3 Å². The van der Waals surface area contributed by atoms with Gasteiger partial charge in [-0.25, -0.2) is 4.98 Å². The van der Waals surface area contributed by atoms with Crippen LogP contribution in [0.5, 0.6) is 0 Å². The van der Waals surface area contributed by atoms with Gasteiger partial charge in [0.1, 0.15) is 6.33 Å². The van der Waals surface area contributed by atoms with Crippen molar-refractivity contribution in [3.05, 3.63) is 6.33 Å². The number of nitrogens with zero attached hydrogens (tertiary/aromatic N) is 2. The number of hydrogen-bond acceptors (Lipinski definition) is 6. The lowest BCUT2D eigenvalue weighted by Gasteiger charge is -2.30. The minimum atomic E-state index is -0.203. The molecule has 16 heavy (non-hydrogen) atoms.